The standard InChI is InChI=1S/C12H20N4S/c1-2-5-9-11(12(13)14)17-10(15-9)8-16-6-3-4-7-16/h2-8H2,1H3,(H3,13,14). The number of likely N-dealkylation sites (tertiary alicyclic amines) is 1. The average molecular weight is 252 g/mol. The number of nitrogen functional groups attached to an aromatic ring is 1. The summed E-state index contributed by atoms with van der Waals surface area (Å²) in [5, 5.41) is 8.70. The van der Waals surface area contributed by atoms with E-state index in [9.17, 15) is 0 Å². The molecule has 1 aliphatic rings. The number of hydrogen-bond acceptors (Lipinski definition) is 4. The third kappa shape index (κ3) is 3.04. The van der Waals surface area contributed by atoms with Gasteiger partial charge in [-0.1, -0.05) is 13.3 Å². The van der Waals surface area contributed by atoms with Crippen molar-refractivity contribution in [3.63, 3.8) is 0 Å². The van der Waals surface area contributed by atoms with Gasteiger partial charge in [0.15, 0.2) is 0 Å². The Hall–Kier alpha value is -0.940. The summed E-state index contributed by atoms with van der Waals surface area (Å²) in [5.74, 6) is 0.165. The Morgan fingerprint density at radius 1 is 1.47 bits per heavy atom. The number of nitrogens with zero attached hydrogens (tertiary/aromatic N) is 2. The smallest absolute Gasteiger partial charge is 0.135 e. The molecule has 94 valence electrons. The van der Waals surface area contributed by atoms with Gasteiger partial charge in [-0.05, 0) is 32.4 Å². The minimum absolute atomic E-state index is 0.165. The zero-order valence-electron chi connectivity index (χ0n) is 10.3. The Bertz CT molecular complexity index is 393. The number of aryl methyl sites for hydroxylation is 1. The van der Waals surface area contributed by atoms with Crippen LogP contribution in [0.15, 0.2) is 0 Å². The van der Waals surface area contributed by atoms with E-state index in [0.29, 0.717) is 0 Å². The number of rotatable bonds is 5. The highest BCUT2D eigenvalue weighted by Gasteiger charge is 2.17. The minimum atomic E-state index is 0.165. The molecule has 0 radical (unpaired) electrons. The molecule has 0 unspecified atom stereocenters. The van der Waals surface area contributed by atoms with Crippen LogP contribution in [0.4, 0.5) is 0 Å². The van der Waals surface area contributed by atoms with E-state index < -0.39 is 0 Å². The molecule has 1 aromatic heterocycles. The van der Waals surface area contributed by atoms with Gasteiger partial charge >= 0.3 is 0 Å². The van der Waals surface area contributed by atoms with Crippen LogP contribution >= 0.6 is 11.3 Å². The lowest BCUT2D eigenvalue weighted by Gasteiger charge is -2.11. The third-order valence-electron chi connectivity index (χ3n) is 3.03. The maximum atomic E-state index is 7.59. The molecule has 4 nitrogen and oxygen atoms in total. The predicted octanol–water partition coefficient (Wildman–Crippen LogP) is 1.98. The van der Waals surface area contributed by atoms with Crippen LogP contribution in [0.2, 0.25) is 0 Å². The van der Waals surface area contributed by atoms with Crippen LogP contribution in [-0.2, 0) is 13.0 Å². The number of nitrogens with one attached hydrogen (secondary N) is 1. The second-order valence-corrected chi connectivity index (χ2v) is 5.61. The normalized spacial score (nSPS) is 16.5. The van der Waals surface area contributed by atoms with E-state index in [1.807, 2.05) is 0 Å². The van der Waals surface area contributed by atoms with E-state index in [-0.39, 0.29) is 5.84 Å². The molecule has 3 N–H and O–H groups in total. The fourth-order valence-corrected chi connectivity index (χ4v) is 3.23. The van der Waals surface area contributed by atoms with Gasteiger partial charge in [0, 0.05) is 0 Å². The summed E-state index contributed by atoms with van der Waals surface area (Å²) in [4.78, 5) is 7.95. The van der Waals surface area contributed by atoms with E-state index in [1.165, 1.54) is 25.9 Å². The molecule has 0 aliphatic carbocycles. The average Bonchev–Trinajstić information content (AvgIpc) is 2.89. The lowest BCUT2D eigenvalue weighted by atomic mass is 10.2. The number of thiazole rings is 1. The van der Waals surface area contributed by atoms with Crippen LogP contribution in [-0.4, -0.2) is 28.8 Å². The summed E-state index contributed by atoms with van der Waals surface area (Å²) >= 11 is 1.59. The van der Waals surface area contributed by atoms with Crippen molar-refractivity contribution in [2.24, 2.45) is 5.73 Å². The molecule has 0 atom stereocenters. The highest BCUT2D eigenvalue weighted by atomic mass is 32.1. The van der Waals surface area contributed by atoms with Crippen molar-refractivity contribution in [1.29, 1.82) is 5.41 Å². The Kier molecular flexibility index (Phi) is 4.12. The monoisotopic (exact) mass is 252 g/mol. The molecule has 0 aromatic carbocycles. The van der Waals surface area contributed by atoms with Gasteiger partial charge in [-0.2, -0.15) is 0 Å². The van der Waals surface area contributed by atoms with Gasteiger partial charge in [0.25, 0.3) is 0 Å². The number of amidine groups is 1. The van der Waals surface area contributed by atoms with E-state index in [1.54, 1.807) is 11.3 Å². The molecule has 2 rings (SSSR count). The molecule has 1 fully saturated rings. The molecule has 2 heterocycles. The maximum absolute atomic E-state index is 7.59. The van der Waals surface area contributed by atoms with E-state index in [0.717, 1.165) is 35.0 Å². The van der Waals surface area contributed by atoms with E-state index in [2.05, 4.69) is 16.8 Å². The summed E-state index contributed by atoms with van der Waals surface area (Å²) in [7, 11) is 0. The largest absolute Gasteiger partial charge is 0.383 e. The van der Waals surface area contributed by atoms with Gasteiger partial charge in [-0.25, -0.2) is 4.98 Å². The van der Waals surface area contributed by atoms with Gasteiger partial charge in [0.2, 0.25) is 0 Å². The first kappa shape index (κ1) is 12.5. The maximum Gasteiger partial charge on any atom is 0.135 e. The zero-order valence-corrected chi connectivity index (χ0v) is 11.1. The Morgan fingerprint density at radius 3 is 2.76 bits per heavy atom. The summed E-state index contributed by atoms with van der Waals surface area (Å²) in [6.45, 7) is 5.41. The summed E-state index contributed by atoms with van der Waals surface area (Å²) in [6, 6.07) is 0. The van der Waals surface area contributed by atoms with Gasteiger partial charge < -0.3 is 5.73 Å². The molecule has 17 heavy (non-hydrogen) atoms. The van der Waals surface area contributed by atoms with Crippen molar-refractivity contribution < 1.29 is 0 Å². The summed E-state index contributed by atoms with van der Waals surface area (Å²) < 4.78 is 0. The Morgan fingerprint density at radius 2 is 2.18 bits per heavy atom. The summed E-state index contributed by atoms with van der Waals surface area (Å²) in [6.07, 6.45) is 4.57. The van der Waals surface area contributed by atoms with Crippen LogP contribution in [0.3, 0.4) is 0 Å². The molecule has 1 aliphatic heterocycles. The highest BCUT2D eigenvalue weighted by molar-refractivity contribution is 7.13. The molecule has 0 bridgehead atoms. The molecule has 1 aromatic rings. The molecule has 0 saturated carbocycles. The van der Waals surface area contributed by atoms with Gasteiger partial charge in [-0.15, -0.1) is 11.3 Å². The molecule has 0 amide bonds. The fraction of sp³-hybridized carbons (Fsp3) is 0.667. The van der Waals surface area contributed by atoms with Gasteiger partial charge in [0.1, 0.15) is 10.8 Å². The molecular weight excluding hydrogens is 232 g/mol. The fourth-order valence-electron chi connectivity index (χ4n) is 2.22. The van der Waals surface area contributed by atoms with Gasteiger partial charge in [-0.3, -0.25) is 10.3 Å². The Balaban J connectivity index is 2.11. The lowest BCUT2D eigenvalue weighted by Crippen LogP contribution is -2.18. The van der Waals surface area contributed by atoms with Crippen LogP contribution in [0.1, 0.15) is 41.8 Å². The zero-order chi connectivity index (χ0) is 12.3. The van der Waals surface area contributed by atoms with E-state index in [4.69, 9.17) is 11.1 Å². The van der Waals surface area contributed by atoms with Crippen molar-refractivity contribution in [3.8, 4) is 0 Å². The second-order valence-electron chi connectivity index (χ2n) is 4.53. The second kappa shape index (κ2) is 5.60. The Labute approximate surface area is 106 Å². The van der Waals surface area contributed by atoms with Crippen molar-refractivity contribution >= 4 is 17.2 Å². The van der Waals surface area contributed by atoms with Crippen LogP contribution < -0.4 is 5.73 Å². The highest BCUT2D eigenvalue weighted by Crippen LogP contribution is 2.22. The quantitative estimate of drug-likeness (QED) is 0.622. The number of nitrogens with two attached hydrogens (primary N) is 1. The van der Waals surface area contributed by atoms with Crippen molar-refractivity contribution in [3.05, 3.63) is 15.6 Å². The van der Waals surface area contributed by atoms with Crippen molar-refractivity contribution in [2.45, 2.75) is 39.2 Å². The minimum Gasteiger partial charge on any atom is -0.383 e. The SMILES string of the molecule is CCCc1nc(CN2CCCC2)sc1C(=N)N. The number of aromatic nitrogens is 1. The molecular formula is C12H20N4S. The number of hydrogen-bond donors (Lipinski definition) is 2. The molecule has 0 spiro atoms. The molecule has 5 heteroatoms. The summed E-state index contributed by atoms with van der Waals surface area (Å²) in [5.41, 5.74) is 6.62. The van der Waals surface area contributed by atoms with Crippen LogP contribution in [0.25, 0.3) is 0 Å². The van der Waals surface area contributed by atoms with Crippen molar-refractivity contribution in [1.82, 2.24) is 9.88 Å². The first-order valence-corrected chi connectivity index (χ1v) is 7.07. The van der Waals surface area contributed by atoms with Gasteiger partial charge in [0.05, 0.1) is 17.1 Å². The molecule has 1 saturated heterocycles. The lowest BCUT2D eigenvalue weighted by molar-refractivity contribution is 0.330. The third-order valence-corrected chi connectivity index (χ3v) is 4.15. The predicted molar refractivity (Wildman–Crippen MR) is 71.6 cm³/mol. The first-order chi connectivity index (χ1) is 8.20. The van der Waals surface area contributed by atoms with Crippen LogP contribution in [0, 0.1) is 5.41 Å². The first-order valence-electron chi connectivity index (χ1n) is 6.26. The van der Waals surface area contributed by atoms with E-state index >= 15 is 0 Å². The topological polar surface area (TPSA) is 66.0 Å². The van der Waals surface area contributed by atoms with Crippen LogP contribution in [0.5, 0.6) is 0 Å². The van der Waals surface area contributed by atoms with Crippen molar-refractivity contribution in [2.75, 3.05) is 13.1 Å².